The maximum atomic E-state index is 2.87. The average Bonchev–Trinajstić information content (AvgIpc) is 2.60. The summed E-state index contributed by atoms with van der Waals surface area (Å²) in [6.45, 7) is 42.5. The zero-order valence-corrected chi connectivity index (χ0v) is 52.0. The highest BCUT2D eigenvalue weighted by atomic mass is 32.1. The monoisotopic (exact) mass is 1060 g/mol. The van der Waals surface area contributed by atoms with E-state index in [2.05, 4.69) is 247 Å². The van der Waals surface area contributed by atoms with Gasteiger partial charge in [0.1, 0.15) is 0 Å². The van der Waals surface area contributed by atoms with Gasteiger partial charge in [0.25, 0.3) is 6.71 Å². The van der Waals surface area contributed by atoms with Gasteiger partial charge in [0.15, 0.2) is 0 Å². The van der Waals surface area contributed by atoms with Crippen LogP contribution >= 0.6 is 11.3 Å². The second-order valence-corrected chi connectivity index (χ2v) is 32.7. The lowest BCUT2D eigenvalue weighted by Crippen LogP contribution is -2.61. The van der Waals surface area contributed by atoms with E-state index in [1.54, 1.807) is 0 Å². The van der Waals surface area contributed by atoms with E-state index in [9.17, 15) is 0 Å². The van der Waals surface area contributed by atoms with E-state index >= 15 is 0 Å². The third-order valence-corrected chi connectivity index (χ3v) is 24.2. The number of para-hydroxylation sites is 1. The van der Waals surface area contributed by atoms with E-state index in [1.807, 2.05) is 0 Å². The maximum absolute atomic E-state index is 2.87. The van der Waals surface area contributed by atoms with Gasteiger partial charge in [-0.1, -0.05) is 166 Å². The van der Waals surface area contributed by atoms with Gasteiger partial charge in [-0.05, 0) is 212 Å². The summed E-state index contributed by atoms with van der Waals surface area (Å²) in [4.78, 5) is 8.49. The highest BCUT2D eigenvalue weighted by Gasteiger charge is 2.58. The Morgan fingerprint density at radius 1 is 0.430 bits per heavy atom. The van der Waals surface area contributed by atoms with Gasteiger partial charge in [0.2, 0.25) is 0 Å². The molecule has 4 heterocycles. The second-order valence-electron chi connectivity index (χ2n) is 31.7. The fraction of sp³-hybridized carbons (Fsp3) is 0.486. The van der Waals surface area contributed by atoms with Gasteiger partial charge in [-0.3, -0.25) is 0 Å². The van der Waals surface area contributed by atoms with Crippen molar-refractivity contribution >= 4 is 89.3 Å². The number of hydrogen-bond donors (Lipinski definition) is 0. The normalized spacial score (nSPS) is 24.9. The third kappa shape index (κ3) is 7.14. The van der Waals surface area contributed by atoms with Gasteiger partial charge in [-0.2, -0.15) is 0 Å². The zero-order chi connectivity index (χ0) is 55.7. The predicted octanol–water partition coefficient (Wildman–Crippen LogP) is 19.1. The topological polar surface area (TPSA) is 9.72 Å². The summed E-state index contributed by atoms with van der Waals surface area (Å²) in [7, 11) is 0. The first kappa shape index (κ1) is 51.9. The molecule has 7 aliphatic rings. The van der Waals surface area contributed by atoms with E-state index < -0.39 is 0 Å². The number of anilines is 8. The summed E-state index contributed by atoms with van der Waals surface area (Å²) in [6, 6.07) is 43.4. The maximum Gasteiger partial charge on any atom is 0.264 e. The highest BCUT2D eigenvalue weighted by molar-refractivity contribution is 7.33. The van der Waals surface area contributed by atoms with Crippen molar-refractivity contribution in [2.24, 2.45) is 0 Å². The van der Waals surface area contributed by atoms with Crippen molar-refractivity contribution in [1.29, 1.82) is 0 Å². The SMILES string of the molecule is CC(C)(C)c1ccc2sc3c(c2c1)N(c1ccc2c(c1)C(C)(C)CCC2(C)C)c1cc(N2c4ccccc4C4(C)CCCCC24C)cc2c1B3c1cc3c(cc1N2c1ccc2c(c1)C(C)(C)CCC2(C)C)C(C)(C)CCC3(C)C. The van der Waals surface area contributed by atoms with Crippen molar-refractivity contribution in [1.82, 2.24) is 0 Å². The third-order valence-electron chi connectivity index (χ3n) is 22.9. The molecule has 408 valence electrons. The molecule has 0 spiro atoms. The Bertz CT molecular complexity index is 3760. The molecule has 1 aromatic heterocycles. The average molecular weight is 1060 g/mol. The fourth-order valence-corrected chi connectivity index (χ4v) is 18.5. The van der Waals surface area contributed by atoms with Crippen molar-refractivity contribution in [3.63, 3.8) is 0 Å². The molecule has 2 unspecified atom stereocenters. The number of benzene rings is 6. The number of thiophene rings is 1. The Hall–Kier alpha value is -5.26. The Kier molecular flexibility index (Phi) is 10.7. The summed E-state index contributed by atoms with van der Waals surface area (Å²) >= 11 is 2.06. The highest BCUT2D eigenvalue weighted by Crippen LogP contribution is 2.63. The number of hydrogen-bond acceptors (Lipinski definition) is 4. The number of rotatable bonds is 3. The van der Waals surface area contributed by atoms with Crippen LogP contribution in [-0.4, -0.2) is 12.3 Å². The summed E-state index contributed by atoms with van der Waals surface area (Å²) in [5, 5.41) is 1.38. The Morgan fingerprint density at radius 2 is 0.937 bits per heavy atom. The summed E-state index contributed by atoms with van der Waals surface area (Å²) in [5.41, 5.74) is 25.8. The lowest BCUT2D eigenvalue weighted by Gasteiger charge is -2.51. The lowest BCUT2D eigenvalue weighted by molar-refractivity contribution is 0.195. The molecule has 0 radical (unpaired) electrons. The number of fused-ring (bicyclic) bond motifs is 12. The van der Waals surface area contributed by atoms with E-state index in [-0.39, 0.29) is 55.6 Å². The molecule has 6 aromatic carbocycles. The van der Waals surface area contributed by atoms with Crippen LogP contribution in [0.5, 0.6) is 0 Å². The largest absolute Gasteiger partial charge is 0.334 e. The molecule has 0 N–H and O–H groups in total. The quantitative estimate of drug-likeness (QED) is 0.163. The molecule has 14 rings (SSSR count). The molecule has 7 aromatic rings. The van der Waals surface area contributed by atoms with Crippen molar-refractivity contribution in [3.8, 4) is 0 Å². The van der Waals surface area contributed by atoms with E-state index in [0.29, 0.717) is 0 Å². The number of nitrogens with zero attached hydrogens (tertiary/aromatic N) is 3. The molecule has 4 aliphatic carbocycles. The van der Waals surface area contributed by atoms with Gasteiger partial charge in [0.05, 0.1) is 11.2 Å². The van der Waals surface area contributed by atoms with Crippen molar-refractivity contribution in [3.05, 3.63) is 148 Å². The van der Waals surface area contributed by atoms with Crippen LogP contribution in [0.1, 0.15) is 226 Å². The molecule has 0 bridgehead atoms. The van der Waals surface area contributed by atoms with Crippen LogP contribution in [0.25, 0.3) is 10.1 Å². The first-order valence-electron chi connectivity index (χ1n) is 30.7. The predicted molar refractivity (Wildman–Crippen MR) is 343 cm³/mol. The molecule has 79 heavy (non-hydrogen) atoms. The van der Waals surface area contributed by atoms with Crippen molar-refractivity contribution < 1.29 is 0 Å². The molecular weight excluding hydrogens is 974 g/mol. The second kappa shape index (κ2) is 16.3. The van der Waals surface area contributed by atoms with Crippen LogP contribution in [0.3, 0.4) is 0 Å². The minimum Gasteiger partial charge on any atom is -0.334 e. The van der Waals surface area contributed by atoms with E-state index in [0.717, 1.165) is 6.42 Å². The Morgan fingerprint density at radius 3 is 1.52 bits per heavy atom. The van der Waals surface area contributed by atoms with Crippen molar-refractivity contribution in [2.75, 3.05) is 14.7 Å². The molecule has 2 atom stereocenters. The van der Waals surface area contributed by atoms with Crippen LogP contribution in [0.4, 0.5) is 45.5 Å². The smallest absolute Gasteiger partial charge is 0.264 e. The fourth-order valence-electron chi connectivity index (χ4n) is 17.2. The van der Waals surface area contributed by atoms with Gasteiger partial charge in [0, 0.05) is 60.1 Å². The lowest BCUT2D eigenvalue weighted by atomic mass is 9.35. The van der Waals surface area contributed by atoms with Gasteiger partial charge < -0.3 is 14.7 Å². The molecule has 1 fully saturated rings. The van der Waals surface area contributed by atoms with Gasteiger partial charge in [-0.25, -0.2) is 0 Å². The Balaban J connectivity index is 1.16. The van der Waals surface area contributed by atoms with Crippen LogP contribution in [0, 0.1) is 0 Å². The zero-order valence-electron chi connectivity index (χ0n) is 51.2. The summed E-state index contributed by atoms with van der Waals surface area (Å²) < 4.78 is 2.85. The first-order chi connectivity index (χ1) is 37.0. The minimum atomic E-state index is -0.119. The molecule has 3 nitrogen and oxygen atoms in total. The molecule has 0 saturated heterocycles. The van der Waals surface area contributed by atoms with E-state index in [4.69, 9.17) is 0 Å². The van der Waals surface area contributed by atoms with E-state index in [1.165, 1.54) is 174 Å². The molecule has 5 heteroatoms. The van der Waals surface area contributed by atoms with Gasteiger partial charge >= 0.3 is 0 Å². The minimum absolute atomic E-state index is 0.00871. The standard InChI is InChI=1S/C74H88BN3S/c1-66(2,3)45-24-29-62-49(38-45)64-65(79-62)75-57-43-55-56(72(14,15)37-36-71(55,12)13)44-59(57)76(46-25-27-50-53(39-46)69(8,9)34-32-67(50,4)5)60-41-48(78-58-23-19-18-22-52(58)73(16)30-20-21-31-74(73,78)17)42-61(63(60)75)77(64)47-26-28-51-54(40-47)70(10,11)35-33-68(51,6)7/h18-19,22-29,38-44H,20-21,30-37H2,1-17H3. The van der Waals surface area contributed by atoms with Crippen molar-refractivity contribution in [2.45, 2.75) is 231 Å². The Labute approximate surface area is 479 Å². The first-order valence-corrected chi connectivity index (χ1v) is 31.5. The molecular formula is C74H88BN3S. The summed E-state index contributed by atoms with van der Waals surface area (Å²) in [6.07, 6.45) is 12.0. The van der Waals surface area contributed by atoms with Crippen LogP contribution in [-0.2, 0) is 43.3 Å². The molecule has 1 saturated carbocycles. The molecule has 0 amide bonds. The van der Waals surface area contributed by atoms with Gasteiger partial charge in [-0.15, -0.1) is 11.3 Å². The van der Waals surface area contributed by atoms with Crippen LogP contribution in [0.2, 0.25) is 0 Å². The summed E-state index contributed by atoms with van der Waals surface area (Å²) in [5.74, 6) is 0. The van der Waals surface area contributed by atoms with Crippen LogP contribution < -0.4 is 30.4 Å². The van der Waals surface area contributed by atoms with Crippen LogP contribution in [0.15, 0.2) is 103 Å². The molecule has 3 aliphatic heterocycles.